The van der Waals surface area contributed by atoms with E-state index in [2.05, 4.69) is 20.3 Å². The molecule has 6 heteroatoms. The van der Waals surface area contributed by atoms with E-state index in [1.807, 2.05) is 18.3 Å². The molecule has 2 aromatic heterocycles. The van der Waals surface area contributed by atoms with Crippen LogP contribution in [0.5, 0.6) is 5.75 Å². The Morgan fingerprint density at radius 1 is 1.39 bits per heavy atom. The molecule has 0 fully saturated rings. The highest BCUT2D eigenvalue weighted by Gasteiger charge is 2.09. The predicted molar refractivity (Wildman–Crippen MR) is 70.0 cm³/mol. The zero-order valence-electron chi connectivity index (χ0n) is 9.93. The summed E-state index contributed by atoms with van der Waals surface area (Å²) in [7, 11) is 1.54. The van der Waals surface area contributed by atoms with Gasteiger partial charge in [-0.05, 0) is 18.1 Å². The molecule has 2 aromatic rings. The SMILES string of the molecule is COc1c(Cl)ncnc1NCCc1cccnc1. The molecule has 0 unspecified atom stereocenters. The van der Waals surface area contributed by atoms with E-state index in [0.29, 0.717) is 16.7 Å². The molecule has 18 heavy (non-hydrogen) atoms. The van der Waals surface area contributed by atoms with E-state index in [-0.39, 0.29) is 0 Å². The largest absolute Gasteiger partial charge is 0.490 e. The van der Waals surface area contributed by atoms with Crippen molar-refractivity contribution in [3.8, 4) is 5.75 Å². The number of nitrogens with one attached hydrogen (secondary N) is 1. The topological polar surface area (TPSA) is 59.9 Å². The first-order chi connectivity index (χ1) is 8.81. The second-order valence-electron chi connectivity index (χ2n) is 3.58. The van der Waals surface area contributed by atoms with E-state index in [1.54, 1.807) is 6.20 Å². The summed E-state index contributed by atoms with van der Waals surface area (Å²) in [4.78, 5) is 12.0. The average Bonchev–Trinajstić information content (AvgIpc) is 2.40. The Bertz CT molecular complexity index is 507. The van der Waals surface area contributed by atoms with Crippen LogP contribution in [0.25, 0.3) is 0 Å². The predicted octanol–water partition coefficient (Wildman–Crippen LogP) is 2.19. The molecule has 1 N–H and O–H groups in total. The lowest BCUT2D eigenvalue weighted by Crippen LogP contribution is -2.08. The van der Waals surface area contributed by atoms with E-state index >= 15 is 0 Å². The Morgan fingerprint density at radius 3 is 3.00 bits per heavy atom. The van der Waals surface area contributed by atoms with Crippen LogP contribution in [-0.2, 0) is 6.42 Å². The lowest BCUT2D eigenvalue weighted by atomic mass is 10.2. The van der Waals surface area contributed by atoms with Crippen LogP contribution in [0, 0.1) is 0 Å². The number of rotatable bonds is 5. The number of aromatic nitrogens is 3. The molecule has 5 nitrogen and oxygen atoms in total. The van der Waals surface area contributed by atoms with Crippen molar-refractivity contribution in [2.24, 2.45) is 0 Å². The van der Waals surface area contributed by atoms with Crippen molar-refractivity contribution in [3.63, 3.8) is 0 Å². The summed E-state index contributed by atoms with van der Waals surface area (Å²) in [5, 5.41) is 3.47. The van der Waals surface area contributed by atoms with E-state index in [9.17, 15) is 0 Å². The van der Waals surface area contributed by atoms with Gasteiger partial charge in [0, 0.05) is 18.9 Å². The number of methoxy groups -OCH3 is 1. The summed E-state index contributed by atoms with van der Waals surface area (Å²) >= 11 is 5.90. The van der Waals surface area contributed by atoms with Crippen LogP contribution in [-0.4, -0.2) is 28.6 Å². The number of pyridine rings is 1. The molecule has 0 aliphatic heterocycles. The standard InChI is InChI=1S/C12H13ClN4O/c1-18-10-11(13)16-8-17-12(10)15-6-4-9-3-2-5-14-7-9/h2-3,5,7-8H,4,6H2,1H3,(H,15,16,17). The van der Waals surface area contributed by atoms with Gasteiger partial charge in [0.15, 0.2) is 16.7 Å². The molecule has 0 aliphatic carbocycles. The molecule has 0 saturated heterocycles. The van der Waals surface area contributed by atoms with Crippen LogP contribution < -0.4 is 10.1 Å². The molecular formula is C12H13ClN4O. The molecule has 0 spiro atoms. The lowest BCUT2D eigenvalue weighted by Gasteiger charge is -2.10. The molecule has 0 amide bonds. The van der Waals surface area contributed by atoms with Gasteiger partial charge in [0.25, 0.3) is 0 Å². The fraction of sp³-hybridized carbons (Fsp3) is 0.250. The highest BCUT2D eigenvalue weighted by atomic mass is 35.5. The van der Waals surface area contributed by atoms with Gasteiger partial charge in [-0.25, -0.2) is 9.97 Å². The van der Waals surface area contributed by atoms with Gasteiger partial charge in [0.05, 0.1) is 7.11 Å². The van der Waals surface area contributed by atoms with Gasteiger partial charge in [-0.1, -0.05) is 17.7 Å². The Labute approximate surface area is 110 Å². The summed E-state index contributed by atoms with van der Waals surface area (Å²) in [5.74, 6) is 1.06. The van der Waals surface area contributed by atoms with Crippen LogP contribution in [0.2, 0.25) is 5.15 Å². The summed E-state index contributed by atoms with van der Waals surface area (Å²) in [6, 6.07) is 3.94. The van der Waals surface area contributed by atoms with E-state index in [0.717, 1.165) is 18.5 Å². The summed E-state index contributed by atoms with van der Waals surface area (Å²) in [6.45, 7) is 0.718. The highest BCUT2D eigenvalue weighted by molar-refractivity contribution is 6.31. The number of anilines is 1. The van der Waals surface area contributed by atoms with E-state index in [4.69, 9.17) is 16.3 Å². The van der Waals surface area contributed by atoms with Gasteiger partial charge >= 0.3 is 0 Å². The van der Waals surface area contributed by atoms with E-state index in [1.165, 1.54) is 13.4 Å². The zero-order chi connectivity index (χ0) is 12.8. The molecule has 0 radical (unpaired) electrons. The number of nitrogens with zero attached hydrogens (tertiary/aromatic N) is 3. The minimum absolute atomic E-state index is 0.302. The Kier molecular flexibility index (Phi) is 4.30. The van der Waals surface area contributed by atoms with Crippen LogP contribution in [0.1, 0.15) is 5.56 Å². The van der Waals surface area contributed by atoms with Gasteiger partial charge in [-0.2, -0.15) is 0 Å². The Balaban J connectivity index is 1.96. The molecule has 2 rings (SSSR count). The second-order valence-corrected chi connectivity index (χ2v) is 3.94. The van der Waals surface area contributed by atoms with Gasteiger partial charge in [0.2, 0.25) is 0 Å². The van der Waals surface area contributed by atoms with E-state index < -0.39 is 0 Å². The quantitative estimate of drug-likeness (QED) is 0.839. The first-order valence-electron chi connectivity index (χ1n) is 5.48. The molecule has 0 saturated carbocycles. The van der Waals surface area contributed by atoms with Crippen molar-refractivity contribution in [2.45, 2.75) is 6.42 Å². The minimum atomic E-state index is 0.302. The van der Waals surface area contributed by atoms with Gasteiger partial charge in [-0.3, -0.25) is 4.98 Å². The van der Waals surface area contributed by atoms with Crippen molar-refractivity contribution in [3.05, 3.63) is 41.6 Å². The van der Waals surface area contributed by atoms with Crippen molar-refractivity contribution in [1.82, 2.24) is 15.0 Å². The maximum Gasteiger partial charge on any atom is 0.198 e. The Morgan fingerprint density at radius 2 is 2.28 bits per heavy atom. The zero-order valence-corrected chi connectivity index (χ0v) is 10.7. The molecule has 0 atom stereocenters. The van der Waals surface area contributed by atoms with Gasteiger partial charge < -0.3 is 10.1 Å². The molecule has 0 bridgehead atoms. The summed E-state index contributed by atoms with van der Waals surface area (Å²) < 4.78 is 5.15. The molecule has 0 aromatic carbocycles. The third-order valence-electron chi connectivity index (χ3n) is 2.39. The van der Waals surface area contributed by atoms with Crippen LogP contribution in [0.4, 0.5) is 5.82 Å². The van der Waals surface area contributed by atoms with Gasteiger partial charge in [0.1, 0.15) is 6.33 Å². The number of hydrogen-bond donors (Lipinski definition) is 1. The maximum atomic E-state index is 5.90. The maximum absolute atomic E-state index is 5.90. The number of ether oxygens (including phenoxy) is 1. The first kappa shape index (κ1) is 12.6. The monoisotopic (exact) mass is 264 g/mol. The molecule has 94 valence electrons. The molecular weight excluding hydrogens is 252 g/mol. The third-order valence-corrected chi connectivity index (χ3v) is 2.66. The second kappa shape index (κ2) is 6.16. The fourth-order valence-corrected chi connectivity index (χ4v) is 1.74. The molecule has 2 heterocycles. The van der Waals surface area contributed by atoms with Crippen molar-refractivity contribution >= 4 is 17.4 Å². The Hall–Kier alpha value is -1.88. The number of halogens is 1. The van der Waals surface area contributed by atoms with Crippen LogP contribution >= 0.6 is 11.6 Å². The van der Waals surface area contributed by atoms with Crippen molar-refractivity contribution in [2.75, 3.05) is 19.0 Å². The fourth-order valence-electron chi connectivity index (χ4n) is 1.53. The smallest absolute Gasteiger partial charge is 0.198 e. The average molecular weight is 265 g/mol. The normalized spacial score (nSPS) is 10.1. The van der Waals surface area contributed by atoms with Crippen LogP contribution in [0.15, 0.2) is 30.9 Å². The minimum Gasteiger partial charge on any atom is -0.490 e. The first-order valence-corrected chi connectivity index (χ1v) is 5.86. The van der Waals surface area contributed by atoms with Crippen molar-refractivity contribution < 1.29 is 4.74 Å². The highest BCUT2D eigenvalue weighted by Crippen LogP contribution is 2.28. The lowest BCUT2D eigenvalue weighted by molar-refractivity contribution is 0.413. The third kappa shape index (κ3) is 3.07. The summed E-state index contributed by atoms with van der Waals surface area (Å²) in [5.41, 5.74) is 1.16. The van der Waals surface area contributed by atoms with Gasteiger partial charge in [-0.15, -0.1) is 0 Å². The van der Waals surface area contributed by atoms with Crippen molar-refractivity contribution in [1.29, 1.82) is 0 Å². The number of hydrogen-bond acceptors (Lipinski definition) is 5. The molecule has 0 aliphatic rings. The summed E-state index contributed by atoms with van der Waals surface area (Å²) in [6.07, 6.45) is 5.84. The van der Waals surface area contributed by atoms with Crippen LogP contribution in [0.3, 0.4) is 0 Å².